The van der Waals surface area contributed by atoms with Gasteiger partial charge in [0.05, 0.1) is 12.1 Å². The predicted octanol–water partition coefficient (Wildman–Crippen LogP) is 1.45. The first-order valence-electron chi connectivity index (χ1n) is 4.71. The van der Waals surface area contributed by atoms with Crippen LogP contribution >= 0.6 is 0 Å². The van der Waals surface area contributed by atoms with Crippen LogP contribution in [0.3, 0.4) is 0 Å². The van der Waals surface area contributed by atoms with Crippen LogP contribution in [-0.4, -0.2) is 38.9 Å². The number of nitrogens with zero attached hydrogens (tertiary/aromatic N) is 1. The van der Waals surface area contributed by atoms with Gasteiger partial charge in [0.25, 0.3) is 0 Å². The second-order valence-corrected chi connectivity index (χ2v) is 4.58. The zero-order chi connectivity index (χ0) is 10.9. The third kappa shape index (κ3) is 2.26. The van der Waals surface area contributed by atoms with Crippen molar-refractivity contribution in [3.8, 4) is 0 Å². The Balaban J connectivity index is 2.80. The van der Waals surface area contributed by atoms with Crippen LogP contribution in [0.15, 0.2) is 12.2 Å². The quantitative estimate of drug-likeness (QED) is 0.628. The number of hydrogen-bond acceptors (Lipinski definition) is 2. The summed E-state index contributed by atoms with van der Waals surface area (Å²) in [4.78, 5) is 12.4. The summed E-state index contributed by atoms with van der Waals surface area (Å²) in [6, 6.07) is -0.206. The van der Waals surface area contributed by atoms with Crippen LogP contribution in [-0.2, 0) is 0 Å². The molecule has 0 unspecified atom stereocenters. The molecular weight excluding hydrogens is 182 g/mol. The maximum atomic E-state index is 11.1. The van der Waals surface area contributed by atoms with E-state index >= 15 is 0 Å². The van der Waals surface area contributed by atoms with Gasteiger partial charge in [-0.05, 0) is 20.8 Å². The molecule has 0 aromatic rings. The fourth-order valence-corrected chi connectivity index (χ4v) is 1.78. The molecule has 1 aliphatic rings. The van der Waals surface area contributed by atoms with Gasteiger partial charge in [-0.25, -0.2) is 4.79 Å². The van der Waals surface area contributed by atoms with Gasteiger partial charge in [-0.2, -0.15) is 0 Å². The van der Waals surface area contributed by atoms with E-state index in [9.17, 15) is 9.90 Å². The smallest absolute Gasteiger partial charge is 0.408 e. The highest BCUT2D eigenvalue weighted by molar-refractivity contribution is 5.67. The zero-order valence-corrected chi connectivity index (χ0v) is 8.77. The van der Waals surface area contributed by atoms with Gasteiger partial charge in [-0.15, -0.1) is 0 Å². The lowest BCUT2D eigenvalue weighted by Gasteiger charge is -2.37. The average Bonchev–Trinajstić information content (AvgIpc) is 2.31. The third-order valence-electron chi connectivity index (χ3n) is 2.30. The molecular formula is C10H17NO3. The molecule has 4 nitrogen and oxygen atoms in total. The molecule has 0 aliphatic heterocycles. The lowest BCUT2D eigenvalue weighted by Crippen LogP contribution is -2.50. The van der Waals surface area contributed by atoms with Crippen LogP contribution < -0.4 is 0 Å². The third-order valence-corrected chi connectivity index (χ3v) is 2.30. The number of carboxylic acid groups (broad SMARTS) is 1. The molecule has 0 spiro atoms. The lowest BCUT2D eigenvalue weighted by atomic mass is 10.0. The maximum Gasteiger partial charge on any atom is 0.408 e. The van der Waals surface area contributed by atoms with Crippen LogP contribution in [0.2, 0.25) is 0 Å². The topological polar surface area (TPSA) is 60.8 Å². The molecule has 4 heteroatoms. The van der Waals surface area contributed by atoms with Crippen molar-refractivity contribution in [2.24, 2.45) is 0 Å². The summed E-state index contributed by atoms with van der Waals surface area (Å²) in [7, 11) is 0. The lowest BCUT2D eigenvalue weighted by molar-refractivity contribution is 0.0740. The summed E-state index contributed by atoms with van der Waals surface area (Å²) < 4.78 is 0. The van der Waals surface area contributed by atoms with Crippen LogP contribution in [0.1, 0.15) is 27.2 Å². The number of carbonyl (C=O) groups is 1. The molecule has 0 aromatic heterocycles. The number of aliphatic hydroxyl groups is 1. The number of aliphatic hydroxyl groups excluding tert-OH is 1. The van der Waals surface area contributed by atoms with Crippen LogP contribution in [0.4, 0.5) is 4.79 Å². The first kappa shape index (κ1) is 11.0. The minimum absolute atomic E-state index is 0.206. The predicted molar refractivity (Wildman–Crippen MR) is 53.2 cm³/mol. The summed E-state index contributed by atoms with van der Waals surface area (Å²) in [5, 5.41) is 18.4. The van der Waals surface area contributed by atoms with Gasteiger partial charge in [-0.1, -0.05) is 12.2 Å². The maximum absolute atomic E-state index is 11.1. The van der Waals surface area contributed by atoms with Gasteiger partial charge < -0.3 is 10.2 Å². The SMILES string of the molecule is CC(C)(C)N(C(=O)O)[C@H]1C=C[C@H](O)C1. The standard InChI is InChI=1S/C10H17NO3/c1-10(2,3)11(9(13)14)7-4-5-8(12)6-7/h4-5,7-8,12H,6H2,1-3H3,(H,13,14)/t7-,8-/m0/s1. The van der Waals surface area contributed by atoms with Crippen molar-refractivity contribution in [1.82, 2.24) is 4.90 Å². The summed E-state index contributed by atoms with van der Waals surface area (Å²) in [6.45, 7) is 5.54. The van der Waals surface area contributed by atoms with Crippen molar-refractivity contribution in [3.05, 3.63) is 12.2 Å². The Bertz CT molecular complexity index is 255. The number of amides is 1. The minimum atomic E-state index is -0.943. The molecule has 0 radical (unpaired) electrons. The Hall–Kier alpha value is -1.03. The van der Waals surface area contributed by atoms with Gasteiger partial charge in [0.1, 0.15) is 0 Å². The van der Waals surface area contributed by atoms with Gasteiger partial charge in [0, 0.05) is 12.0 Å². The molecule has 0 fully saturated rings. The van der Waals surface area contributed by atoms with E-state index in [0.29, 0.717) is 6.42 Å². The molecule has 80 valence electrons. The second-order valence-electron chi connectivity index (χ2n) is 4.58. The highest BCUT2D eigenvalue weighted by Gasteiger charge is 2.34. The van der Waals surface area contributed by atoms with E-state index in [1.54, 1.807) is 12.2 Å². The normalized spacial score (nSPS) is 26.6. The van der Waals surface area contributed by atoms with Crippen LogP contribution in [0.25, 0.3) is 0 Å². The first-order valence-corrected chi connectivity index (χ1v) is 4.71. The van der Waals surface area contributed by atoms with Gasteiger partial charge >= 0.3 is 6.09 Å². The molecule has 1 amide bonds. The fourth-order valence-electron chi connectivity index (χ4n) is 1.78. The molecule has 0 aromatic carbocycles. The first-order chi connectivity index (χ1) is 6.32. The van der Waals surface area contributed by atoms with Crippen LogP contribution in [0.5, 0.6) is 0 Å². The van der Waals surface area contributed by atoms with E-state index in [-0.39, 0.29) is 6.04 Å². The van der Waals surface area contributed by atoms with Crippen molar-refractivity contribution in [3.63, 3.8) is 0 Å². The molecule has 1 aliphatic carbocycles. The Morgan fingerprint density at radius 1 is 1.43 bits per heavy atom. The van der Waals surface area contributed by atoms with Crippen LogP contribution in [0, 0.1) is 0 Å². The average molecular weight is 199 g/mol. The van der Waals surface area contributed by atoms with E-state index in [1.807, 2.05) is 20.8 Å². The van der Waals surface area contributed by atoms with E-state index < -0.39 is 17.7 Å². The number of hydrogen-bond donors (Lipinski definition) is 2. The van der Waals surface area contributed by atoms with Crippen molar-refractivity contribution in [2.45, 2.75) is 44.9 Å². The van der Waals surface area contributed by atoms with E-state index in [2.05, 4.69) is 0 Å². The molecule has 2 N–H and O–H groups in total. The summed E-state index contributed by atoms with van der Waals surface area (Å²) in [6.07, 6.45) is 2.41. The Morgan fingerprint density at radius 2 is 2.00 bits per heavy atom. The highest BCUT2D eigenvalue weighted by Crippen LogP contribution is 2.24. The van der Waals surface area contributed by atoms with Gasteiger partial charge in [-0.3, -0.25) is 4.90 Å². The van der Waals surface area contributed by atoms with E-state index in [4.69, 9.17) is 5.11 Å². The van der Waals surface area contributed by atoms with Gasteiger partial charge in [0.15, 0.2) is 0 Å². The monoisotopic (exact) mass is 199 g/mol. The second kappa shape index (κ2) is 3.61. The van der Waals surface area contributed by atoms with E-state index in [1.165, 1.54) is 4.90 Å². The molecule has 0 saturated heterocycles. The largest absolute Gasteiger partial charge is 0.465 e. The van der Waals surface area contributed by atoms with E-state index in [0.717, 1.165) is 0 Å². The number of rotatable bonds is 1. The zero-order valence-electron chi connectivity index (χ0n) is 8.77. The molecule has 1 rings (SSSR count). The molecule has 2 atom stereocenters. The van der Waals surface area contributed by atoms with Crippen molar-refractivity contribution in [1.29, 1.82) is 0 Å². The molecule has 14 heavy (non-hydrogen) atoms. The Labute approximate surface area is 83.8 Å². The summed E-state index contributed by atoms with van der Waals surface area (Å²) in [5.41, 5.74) is -0.440. The molecule has 0 bridgehead atoms. The Kier molecular flexibility index (Phi) is 2.85. The van der Waals surface area contributed by atoms with Crippen molar-refractivity contribution < 1.29 is 15.0 Å². The van der Waals surface area contributed by atoms with Gasteiger partial charge in [0.2, 0.25) is 0 Å². The molecule has 0 saturated carbocycles. The minimum Gasteiger partial charge on any atom is -0.465 e. The summed E-state index contributed by atoms with van der Waals surface area (Å²) in [5.74, 6) is 0. The van der Waals surface area contributed by atoms with Crippen molar-refractivity contribution >= 4 is 6.09 Å². The Morgan fingerprint density at radius 3 is 2.29 bits per heavy atom. The summed E-state index contributed by atoms with van der Waals surface area (Å²) >= 11 is 0. The fraction of sp³-hybridized carbons (Fsp3) is 0.700. The van der Waals surface area contributed by atoms with Crippen molar-refractivity contribution in [2.75, 3.05) is 0 Å². The molecule has 0 heterocycles. The highest BCUT2D eigenvalue weighted by atomic mass is 16.4.